The quantitative estimate of drug-likeness (QED) is 0.777. The van der Waals surface area contributed by atoms with Gasteiger partial charge in [0.25, 0.3) is 0 Å². The molecule has 2 aromatic rings. The van der Waals surface area contributed by atoms with Crippen LogP contribution in [0.15, 0.2) is 48.5 Å². The summed E-state index contributed by atoms with van der Waals surface area (Å²) in [5, 5.41) is 7.61. The average molecular weight is 343 g/mol. The van der Waals surface area contributed by atoms with Crippen molar-refractivity contribution in [3.05, 3.63) is 59.7 Å². The molecule has 0 aliphatic carbocycles. The van der Waals surface area contributed by atoms with E-state index in [-0.39, 0.29) is 18.4 Å². The van der Waals surface area contributed by atoms with Crippen LogP contribution in [0.5, 0.6) is 0 Å². The molecule has 0 spiro atoms. The number of rotatable bonds is 5. The Morgan fingerprint density at radius 3 is 2.35 bits per heavy atom. The third-order valence-electron chi connectivity index (χ3n) is 3.43. The SMILES string of the molecule is O=C(O)C(Cl)CCc1ccc(-c2ccccc2)c(C(F)(F)F)c1. The molecular weight excluding hydrogens is 329 g/mol. The topological polar surface area (TPSA) is 37.3 Å². The second-order valence-electron chi connectivity index (χ2n) is 5.09. The Morgan fingerprint density at radius 2 is 1.78 bits per heavy atom. The molecular formula is C17H14ClF3O2. The van der Waals surface area contributed by atoms with Gasteiger partial charge in [-0.15, -0.1) is 11.6 Å². The Balaban J connectivity index is 2.34. The third kappa shape index (κ3) is 4.48. The number of aliphatic carboxylic acids is 1. The van der Waals surface area contributed by atoms with E-state index in [2.05, 4.69) is 0 Å². The molecule has 0 fully saturated rings. The number of carbonyl (C=O) groups is 1. The molecule has 2 aromatic carbocycles. The van der Waals surface area contributed by atoms with Crippen LogP contribution in [0.25, 0.3) is 11.1 Å². The maximum Gasteiger partial charge on any atom is 0.417 e. The number of halogens is 4. The van der Waals surface area contributed by atoms with Crippen molar-refractivity contribution in [2.24, 2.45) is 0 Å². The Labute approximate surface area is 136 Å². The molecule has 122 valence electrons. The molecule has 0 heterocycles. The Hall–Kier alpha value is -2.01. The Kier molecular flexibility index (Phi) is 5.31. The predicted octanol–water partition coefficient (Wildman–Crippen LogP) is 5.00. The molecule has 1 unspecified atom stereocenters. The Bertz CT molecular complexity index is 684. The average Bonchev–Trinajstić information content (AvgIpc) is 2.52. The minimum Gasteiger partial charge on any atom is -0.480 e. The number of hydrogen-bond donors (Lipinski definition) is 1. The molecule has 2 nitrogen and oxygen atoms in total. The molecule has 0 radical (unpaired) electrons. The highest BCUT2D eigenvalue weighted by Gasteiger charge is 2.34. The molecule has 0 saturated carbocycles. The van der Waals surface area contributed by atoms with Crippen LogP contribution >= 0.6 is 11.6 Å². The highest BCUT2D eigenvalue weighted by molar-refractivity contribution is 6.29. The first-order chi connectivity index (χ1) is 10.8. The van der Waals surface area contributed by atoms with Gasteiger partial charge in [0.05, 0.1) is 5.56 Å². The highest BCUT2D eigenvalue weighted by atomic mass is 35.5. The van der Waals surface area contributed by atoms with Gasteiger partial charge in [0, 0.05) is 0 Å². The van der Waals surface area contributed by atoms with Gasteiger partial charge in [-0.2, -0.15) is 13.2 Å². The van der Waals surface area contributed by atoms with Crippen LogP contribution in [-0.2, 0) is 17.4 Å². The smallest absolute Gasteiger partial charge is 0.417 e. The lowest BCUT2D eigenvalue weighted by atomic mass is 9.95. The van der Waals surface area contributed by atoms with Gasteiger partial charge < -0.3 is 5.11 Å². The van der Waals surface area contributed by atoms with E-state index in [1.54, 1.807) is 36.4 Å². The van der Waals surface area contributed by atoms with E-state index in [1.807, 2.05) is 0 Å². The molecule has 0 saturated heterocycles. The van der Waals surface area contributed by atoms with Crippen LogP contribution in [0.1, 0.15) is 17.5 Å². The lowest BCUT2D eigenvalue weighted by Crippen LogP contribution is -2.14. The van der Waals surface area contributed by atoms with E-state index in [4.69, 9.17) is 16.7 Å². The Morgan fingerprint density at radius 1 is 1.13 bits per heavy atom. The molecule has 1 atom stereocenters. The second-order valence-corrected chi connectivity index (χ2v) is 5.61. The molecule has 0 aliphatic heterocycles. The lowest BCUT2D eigenvalue weighted by Gasteiger charge is -2.15. The van der Waals surface area contributed by atoms with Gasteiger partial charge in [0.1, 0.15) is 5.38 Å². The van der Waals surface area contributed by atoms with Gasteiger partial charge in [-0.3, -0.25) is 4.79 Å². The van der Waals surface area contributed by atoms with Crippen LogP contribution in [0, 0.1) is 0 Å². The maximum atomic E-state index is 13.3. The van der Waals surface area contributed by atoms with Crippen molar-refractivity contribution in [3.8, 4) is 11.1 Å². The summed E-state index contributed by atoms with van der Waals surface area (Å²) >= 11 is 5.60. The summed E-state index contributed by atoms with van der Waals surface area (Å²) in [6, 6.07) is 12.4. The number of hydrogen-bond acceptors (Lipinski definition) is 1. The maximum absolute atomic E-state index is 13.3. The zero-order chi connectivity index (χ0) is 17.0. The van der Waals surface area contributed by atoms with Crippen LogP contribution in [0.2, 0.25) is 0 Å². The van der Waals surface area contributed by atoms with E-state index in [9.17, 15) is 18.0 Å². The van der Waals surface area contributed by atoms with Crippen molar-refractivity contribution in [2.75, 3.05) is 0 Å². The number of carboxylic acid groups (broad SMARTS) is 1. The van der Waals surface area contributed by atoms with E-state index < -0.39 is 23.1 Å². The minimum absolute atomic E-state index is 0.0683. The number of alkyl halides is 4. The van der Waals surface area contributed by atoms with Crippen molar-refractivity contribution in [1.82, 2.24) is 0 Å². The summed E-state index contributed by atoms with van der Waals surface area (Å²) in [5.74, 6) is -1.18. The van der Waals surface area contributed by atoms with Crippen molar-refractivity contribution in [3.63, 3.8) is 0 Å². The number of benzene rings is 2. The molecule has 0 bridgehead atoms. The zero-order valence-electron chi connectivity index (χ0n) is 12.0. The lowest BCUT2D eigenvalue weighted by molar-refractivity contribution is -0.138. The number of aryl methyl sites for hydroxylation is 1. The van der Waals surface area contributed by atoms with Crippen molar-refractivity contribution in [2.45, 2.75) is 24.4 Å². The summed E-state index contributed by atoms with van der Waals surface area (Å²) in [5.41, 5.74) is 0.251. The van der Waals surface area contributed by atoms with Gasteiger partial charge in [-0.1, -0.05) is 42.5 Å². The van der Waals surface area contributed by atoms with E-state index in [1.165, 1.54) is 6.07 Å². The molecule has 1 N–H and O–H groups in total. The first-order valence-electron chi connectivity index (χ1n) is 6.91. The zero-order valence-corrected chi connectivity index (χ0v) is 12.7. The minimum atomic E-state index is -4.49. The van der Waals surface area contributed by atoms with Gasteiger partial charge in [0.15, 0.2) is 0 Å². The first-order valence-corrected chi connectivity index (χ1v) is 7.35. The molecule has 0 aromatic heterocycles. The second kappa shape index (κ2) is 7.04. The van der Waals surface area contributed by atoms with Crippen LogP contribution in [0.3, 0.4) is 0 Å². The van der Waals surface area contributed by atoms with E-state index in [0.29, 0.717) is 11.1 Å². The van der Waals surface area contributed by atoms with Crippen molar-refractivity contribution < 1.29 is 23.1 Å². The summed E-state index contributed by atoms with van der Waals surface area (Å²) in [6.45, 7) is 0. The van der Waals surface area contributed by atoms with Crippen LogP contribution in [-0.4, -0.2) is 16.5 Å². The standard InChI is InChI=1S/C17H14ClF3O2/c18-15(16(22)23)9-7-11-6-8-13(12-4-2-1-3-5-12)14(10-11)17(19,20)21/h1-6,8,10,15H,7,9H2,(H,22,23). The van der Waals surface area contributed by atoms with Gasteiger partial charge in [-0.25, -0.2) is 0 Å². The molecule has 6 heteroatoms. The van der Waals surface area contributed by atoms with E-state index >= 15 is 0 Å². The van der Waals surface area contributed by atoms with E-state index in [0.717, 1.165) is 6.07 Å². The monoisotopic (exact) mass is 342 g/mol. The van der Waals surface area contributed by atoms with Gasteiger partial charge in [-0.05, 0) is 35.6 Å². The van der Waals surface area contributed by atoms with Gasteiger partial charge >= 0.3 is 12.1 Å². The molecule has 0 aliphatic rings. The summed E-state index contributed by atoms with van der Waals surface area (Å²) in [4.78, 5) is 10.7. The van der Waals surface area contributed by atoms with Crippen molar-refractivity contribution >= 4 is 17.6 Å². The van der Waals surface area contributed by atoms with Gasteiger partial charge in [0.2, 0.25) is 0 Å². The molecule has 2 rings (SSSR count). The highest BCUT2D eigenvalue weighted by Crippen LogP contribution is 2.37. The first kappa shape index (κ1) is 17.3. The molecule has 23 heavy (non-hydrogen) atoms. The van der Waals surface area contributed by atoms with Crippen LogP contribution < -0.4 is 0 Å². The van der Waals surface area contributed by atoms with Crippen molar-refractivity contribution in [1.29, 1.82) is 0 Å². The van der Waals surface area contributed by atoms with Crippen LogP contribution in [0.4, 0.5) is 13.2 Å². The third-order valence-corrected chi connectivity index (χ3v) is 3.83. The number of carboxylic acids is 1. The molecule has 0 amide bonds. The summed E-state index contributed by atoms with van der Waals surface area (Å²) in [7, 11) is 0. The summed E-state index contributed by atoms with van der Waals surface area (Å²) < 4.78 is 40.0. The fourth-order valence-corrected chi connectivity index (χ4v) is 2.38. The fourth-order valence-electron chi connectivity index (χ4n) is 2.27. The summed E-state index contributed by atoms with van der Waals surface area (Å²) in [6.07, 6.45) is -4.26. The largest absolute Gasteiger partial charge is 0.480 e. The fraction of sp³-hybridized carbons (Fsp3) is 0.235. The normalized spacial score (nSPS) is 12.9. The predicted molar refractivity (Wildman–Crippen MR) is 82.5 cm³/mol.